The summed E-state index contributed by atoms with van der Waals surface area (Å²) in [5.74, 6) is -0.219. The number of carbonyl (C=O) groups is 2. The van der Waals surface area contributed by atoms with Crippen molar-refractivity contribution in [2.24, 2.45) is 5.92 Å². The first-order chi connectivity index (χ1) is 13.3. The predicted octanol–water partition coefficient (Wildman–Crippen LogP) is 2.36. The molecule has 0 bridgehead atoms. The zero-order valence-electron chi connectivity index (χ0n) is 16.3. The summed E-state index contributed by atoms with van der Waals surface area (Å²) in [6, 6.07) is 6.65. The van der Waals surface area contributed by atoms with Gasteiger partial charge in [-0.3, -0.25) is 14.3 Å². The molecule has 7 nitrogen and oxygen atoms in total. The molecule has 0 spiro atoms. The molecule has 2 fully saturated rings. The third-order valence-electron chi connectivity index (χ3n) is 5.47. The van der Waals surface area contributed by atoms with Gasteiger partial charge in [-0.25, -0.2) is 8.42 Å². The Balaban J connectivity index is 1.58. The highest BCUT2D eigenvalue weighted by molar-refractivity contribution is 7.92. The van der Waals surface area contributed by atoms with E-state index in [9.17, 15) is 18.0 Å². The first-order valence-electron chi connectivity index (χ1n) is 9.99. The van der Waals surface area contributed by atoms with Crippen molar-refractivity contribution in [2.45, 2.75) is 51.0 Å². The van der Waals surface area contributed by atoms with Gasteiger partial charge in [0.1, 0.15) is 0 Å². The van der Waals surface area contributed by atoms with E-state index in [1.54, 1.807) is 29.2 Å². The summed E-state index contributed by atoms with van der Waals surface area (Å²) in [5, 5.41) is 3.17. The van der Waals surface area contributed by atoms with Crippen molar-refractivity contribution in [3.63, 3.8) is 0 Å². The minimum absolute atomic E-state index is 0.0668. The van der Waals surface area contributed by atoms with Gasteiger partial charge in [-0.2, -0.15) is 0 Å². The number of carbonyl (C=O) groups excluding carboxylic acids is 2. The number of nitrogens with zero attached hydrogens (tertiary/aromatic N) is 1. The first kappa shape index (κ1) is 20.6. The maximum Gasteiger partial charge on any atom is 0.253 e. The molecule has 1 aliphatic carbocycles. The summed E-state index contributed by atoms with van der Waals surface area (Å²) in [7, 11) is -3.35. The van der Waals surface area contributed by atoms with Gasteiger partial charge in [-0.1, -0.05) is 19.3 Å². The Kier molecular flexibility index (Phi) is 6.59. The maximum absolute atomic E-state index is 12.8. The monoisotopic (exact) mass is 407 g/mol. The van der Waals surface area contributed by atoms with E-state index in [0.717, 1.165) is 31.9 Å². The van der Waals surface area contributed by atoms with Crippen molar-refractivity contribution in [1.29, 1.82) is 0 Å². The van der Waals surface area contributed by atoms with Crippen LogP contribution in [0.1, 0.15) is 55.3 Å². The molecule has 0 radical (unpaired) electrons. The lowest BCUT2D eigenvalue weighted by Gasteiger charge is -2.33. The zero-order chi connectivity index (χ0) is 20.1. The van der Waals surface area contributed by atoms with Crippen molar-refractivity contribution in [1.82, 2.24) is 10.2 Å². The molecule has 8 heteroatoms. The SMILES string of the molecule is CS(=O)(=O)Nc1ccc(C(=O)N2CCC[C@@H](C(=O)NC3CCCCC3)C2)cc1. The number of hydrogen-bond donors (Lipinski definition) is 2. The molecule has 2 aliphatic rings. The Morgan fingerprint density at radius 1 is 1.00 bits per heavy atom. The molecule has 1 aliphatic heterocycles. The van der Waals surface area contributed by atoms with Crippen LogP contribution in [0.25, 0.3) is 0 Å². The van der Waals surface area contributed by atoms with Crippen molar-refractivity contribution in [3.05, 3.63) is 29.8 Å². The molecule has 2 amide bonds. The fourth-order valence-electron chi connectivity index (χ4n) is 4.02. The molecule has 2 N–H and O–H groups in total. The van der Waals surface area contributed by atoms with Gasteiger partial charge in [0.15, 0.2) is 0 Å². The number of likely N-dealkylation sites (tertiary alicyclic amines) is 1. The van der Waals surface area contributed by atoms with Crippen molar-refractivity contribution in [2.75, 3.05) is 24.1 Å². The Hall–Kier alpha value is -2.09. The van der Waals surface area contributed by atoms with Crippen LogP contribution in [0.3, 0.4) is 0 Å². The first-order valence-corrected chi connectivity index (χ1v) is 11.9. The quantitative estimate of drug-likeness (QED) is 0.783. The van der Waals surface area contributed by atoms with Gasteiger partial charge in [-0.05, 0) is 49.9 Å². The molecule has 1 aromatic carbocycles. The zero-order valence-corrected chi connectivity index (χ0v) is 17.1. The normalized spacial score (nSPS) is 21.2. The Labute approximate surface area is 166 Å². The highest BCUT2D eigenvalue weighted by atomic mass is 32.2. The number of piperidine rings is 1. The van der Waals surface area contributed by atoms with Gasteiger partial charge >= 0.3 is 0 Å². The van der Waals surface area contributed by atoms with Gasteiger partial charge in [0, 0.05) is 30.4 Å². The minimum atomic E-state index is -3.35. The fourth-order valence-corrected chi connectivity index (χ4v) is 4.58. The van der Waals surface area contributed by atoms with E-state index < -0.39 is 10.0 Å². The molecular weight excluding hydrogens is 378 g/mol. The van der Waals surface area contributed by atoms with E-state index in [1.165, 1.54) is 19.3 Å². The topological polar surface area (TPSA) is 95.6 Å². The van der Waals surface area contributed by atoms with Crippen molar-refractivity contribution in [3.8, 4) is 0 Å². The Morgan fingerprint density at radius 3 is 2.32 bits per heavy atom. The standard InChI is InChI=1S/C20H29N3O4S/c1-28(26,27)22-18-11-9-15(10-12-18)20(25)23-13-5-6-16(14-23)19(24)21-17-7-3-2-4-8-17/h9-12,16-17,22H,2-8,13-14H2,1H3,(H,21,24)/t16-/m1/s1. The maximum atomic E-state index is 12.8. The summed E-state index contributed by atoms with van der Waals surface area (Å²) >= 11 is 0. The lowest BCUT2D eigenvalue weighted by molar-refractivity contribution is -0.127. The van der Waals surface area contributed by atoms with E-state index in [4.69, 9.17) is 0 Å². The molecule has 3 rings (SSSR count). The number of amides is 2. The third kappa shape index (κ3) is 5.70. The second kappa shape index (κ2) is 8.94. The van der Waals surface area contributed by atoms with Crippen LogP contribution in [0.5, 0.6) is 0 Å². The third-order valence-corrected chi connectivity index (χ3v) is 6.07. The molecule has 0 unspecified atom stereocenters. The van der Waals surface area contributed by atoms with Gasteiger partial charge in [0.25, 0.3) is 5.91 Å². The highest BCUT2D eigenvalue weighted by Gasteiger charge is 2.30. The Bertz CT molecular complexity index is 801. The van der Waals surface area contributed by atoms with Gasteiger partial charge in [-0.15, -0.1) is 0 Å². The molecule has 154 valence electrons. The predicted molar refractivity (Wildman–Crippen MR) is 109 cm³/mol. The number of rotatable bonds is 5. The number of benzene rings is 1. The molecule has 1 atom stereocenters. The Morgan fingerprint density at radius 2 is 1.68 bits per heavy atom. The molecule has 1 saturated carbocycles. The van der Waals surface area contributed by atoms with Gasteiger partial charge < -0.3 is 10.2 Å². The van der Waals surface area contributed by atoms with Gasteiger partial charge in [0.05, 0.1) is 12.2 Å². The van der Waals surface area contributed by atoms with Crippen LogP contribution in [0, 0.1) is 5.92 Å². The van der Waals surface area contributed by atoms with Crippen LogP contribution < -0.4 is 10.0 Å². The summed E-state index contributed by atoms with van der Waals surface area (Å²) < 4.78 is 25.0. The second-order valence-corrected chi connectivity index (χ2v) is 9.63. The van der Waals surface area contributed by atoms with E-state index in [2.05, 4.69) is 10.0 Å². The van der Waals surface area contributed by atoms with E-state index >= 15 is 0 Å². The smallest absolute Gasteiger partial charge is 0.253 e. The van der Waals surface area contributed by atoms with E-state index in [0.29, 0.717) is 24.3 Å². The van der Waals surface area contributed by atoms with Crippen molar-refractivity contribution >= 4 is 27.5 Å². The average Bonchev–Trinajstić information content (AvgIpc) is 2.68. The molecule has 1 saturated heterocycles. The largest absolute Gasteiger partial charge is 0.353 e. The minimum Gasteiger partial charge on any atom is -0.353 e. The average molecular weight is 408 g/mol. The molecule has 28 heavy (non-hydrogen) atoms. The highest BCUT2D eigenvalue weighted by Crippen LogP contribution is 2.22. The van der Waals surface area contributed by atoms with Gasteiger partial charge in [0.2, 0.25) is 15.9 Å². The van der Waals surface area contributed by atoms with Crippen molar-refractivity contribution < 1.29 is 18.0 Å². The number of hydrogen-bond acceptors (Lipinski definition) is 4. The molecular formula is C20H29N3O4S. The van der Waals surface area contributed by atoms with Crippen LogP contribution in [0.4, 0.5) is 5.69 Å². The van der Waals surface area contributed by atoms with Crippen LogP contribution in [-0.2, 0) is 14.8 Å². The number of nitrogens with one attached hydrogen (secondary N) is 2. The molecule has 1 heterocycles. The summed E-state index contributed by atoms with van der Waals surface area (Å²) in [5.41, 5.74) is 0.912. The fraction of sp³-hybridized carbons (Fsp3) is 0.600. The van der Waals surface area contributed by atoms with E-state index in [1.807, 2.05) is 0 Å². The van der Waals surface area contributed by atoms with Crippen LogP contribution in [-0.4, -0.2) is 50.5 Å². The summed E-state index contributed by atoms with van der Waals surface area (Å²) in [4.78, 5) is 27.2. The second-order valence-electron chi connectivity index (χ2n) is 7.89. The lowest BCUT2D eigenvalue weighted by Crippen LogP contribution is -2.47. The lowest BCUT2D eigenvalue weighted by atomic mass is 9.93. The molecule has 0 aromatic heterocycles. The summed E-state index contributed by atoms with van der Waals surface area (Å²) in [6.07, 6.45) is 8.38. The summed E-state index contributed by atoms with van der Waals surface area (Å²) in [6.45, 7) is 1.07. The van der Waals surface area contributed by atoms with E-state index in [-0.39, 0.29) is 23.8 Å². The van der Waals surface area contributed by atoms with Crippen LogP contribution >= 0.6 is 0 Å². The molecule has 1 aromatic rings. The number of sulfonamides is 1. The number of anilines is 1. The van der Waals surface area contributed by atoms with Crippen LogP contribution in [0.2, 0.25) is 0 Å². The van der Waals surface area contributed by atoms with Crippen LogP contribution in [0.15, 0.2) is 24.3 Å².